The van der Waals surface area contributed by atoms with Gasteiger partial charge < -0.3 is 20.3 Å². The zero-order chi connectivity index (χ0) is 28.7. The maximum Gasteiger partial charge on any atom is 0.408 e. The van der Waals surface area contributed by atoms with Gasteiger partial charge in [0.25, 0.3) is 0 Å². The summed E-state index contributed by atoms with van der Waals surface area (Å²) < 4.78 is 5.52. The van der Waals surface area contributed by atoms with Gasteiger partial charge in [-0.3, -0.25) is 9.59 Å². The standard InChI is InChI=1S/C32H45N3O4/c1-8-13-22(3)33-29(36)28(26-17-12-14-21(2)23(26)4)35(25-18-19-25)30(37)27(20-24-15-10-9-11-16-24)34-31(38)39-32(5,6)7/h9-12,14-17,22,25,27-28H,8,13,18-20H2,1-7H3,(H,33,36)(H,34,38). The number of aryl methyl sites for hydroxylation is 1. The Labute approximate surface area is 233 Å². The van der Waals surface area contributed by atoms with E-state index in [-0.39, 0.29) is 30.3 Å². The molecule has 3 rings (SSSR count). The Morgan fingerprint density at radius 3 is 2.26 bits per heavy atom. The molecule has 7 heteroatoms. The van der Waals surface area contributed by atoms with Gasteiger partial charge in [-0.25, -0.2) is 4.79 Å². The highest BCUT2D eigenvalue weighted by Gasteiger charge is 2.44. The molecule has 0 spiro atoms. The van der Waals surface area contributed by atoms with E-state index in [1.165, 1.54) is 0 Å². The Kier molecular flexibility index (Phi) is 10.2. The van der Waals surface area contributed by atoms with Gasteiger partial charge in [0.15, 0.2) is 0 Å². The highest BCUT2D eigenvalue weighted by Crippen LogP contribution is 2.37. The van der Waals surface area contributed by atoms with E-state index in [1.54, 1.807) is 25.7 Å². The molecule has 0 saturated heterocycles. The molecule has 1 saturated carbocycles. The summed E-state index contributed by atoms with van der Waals surface area (Å²) in [5.74, 6) is -0.475. The fourth-order valence-electron chi connectivity index (χ4n) is 4.86. The molecular formula is C32H45N3O4. The minimum Gasteiger partial charge on any atom is -0.444 e. The summed E-state index contributed by atoms with van der Waals surface area (Å²) in [4.78, 5) is 43.0. The van der Waals surface area contributed by atoms with Gasteiger partial charge in [-0.05, 0) is 83.1 Å². The van der Waals surface area contributed by atoms with Crippen molar-refractivity contribution in [1.82, 2.24) is 15.5 Å². The molecule has 1 fully saturated rings. The number of ether oxygens (including phenoxy) is 1. The number of amides is 3. The number of hydrogen-bond acceptors (Lipinski definition) is 4. The molecule has 1 aliphatic carbocycles. The van der Waals surface area contributed by atoms with Crippen molar-refractivity contribution in [1.29, 1.82) is 0 Å². The van der Waals surface area contributed by atoms with Crippen LogP contribution in [-0.2, 0) is 20.7 Å². The van der Waals surface area contributed by atoms with Crippen LogP contribution >= 0.6 is 0 Å². The molecule has 2 aromatic carbocycles. The number of hydrogen-bond donors (Lipinski definition) is 2. The van der Waals surface area contributed by atoms with Crippen molar-refractivity contribution < 1.29 is 19.1 Å². The first-order chi connectivity index (χ1) is 18.4. The quantitative estimate of drug-likeness (QED) is 0.382. The molecule has 1 aliphatic rings. The molecule has 3 unspecified atom stereocenters. The van der Waals surface area contributed by atoms with E-state index in [9.17, 15) is 14.4 Å². The number of carbonyl (C=O) groups is 3. The Balaban J connectivity index is 2.03. The molecule has 3 atom stereocenters. The maximum atomic E-state index is 14.4. The Morgan fingerprint density at radius 2 is 1.67 bits per heavy atom. The number of benzene rings is 2. The fraction of sp³-hybridized carbons (Fsp3) is 0.531. The SMILES string of the molecule is CCCC(C)NC(=O)C(c1cccc(C)c1C)N(C(=O)C(Cc1ccccc1)NC(=O)OC(C)(C)C)C1CC1. The van der Waals surface area contributed by atoms with E-state index in [0.29, 0.717) is 0 Å². The first-order valence-electron chi connectivity index (χ1n) is 14.1. The summed E-state index contributed by atoms with van der Waals surface area (Å²) >= 11 is 0. The molecule has 0 radical (unpaired) electrons. The predicted molar refractivity (Wildman–Crippen MR) is 154 cm³/mol. The first-order valence-corrected chi connectivity index (χ1v) is 14.1. The van der Waals surface area contributed by atoms with Crippen LogP contribution in [0.4, 0.5) is 4.79 Å². The number of rotatable bonds is 11. The normalized spacial score (nSPS) is 15.6. The van der Waals surface area contributed by atoms with E-state index in [1.807, 2.05) is 69.3 Å². The third kappa shape index (κ3) is 8.57. The Morgan fingerprint density at radius 1 is 1.00 bits per heavy atom. The van der Waals surface area contributed by atoms with Crippen LogP contribution in [0.1, 0.15) is 88.6 Å². The number of carbonyl (C=O) groups excluding carboxylic acids is 3. The molecule has 2 aromatic rings. The average molecular weight is 536 g/mol. The van der Waals surface area contributed by atoms with Crippen molar-refractivity contribution in [2.75, 3.05) is 0 Å². The van der Waals surface area contributed by atoms with E-state index < -0.39 is 23.8 Å². The van der Waals surface area contributed by atoms with Gasteiger partial charge in [-0.2, -0.15) is 0 Å². The molecular weight excluding hydrogens is 490 g/mol. The van der Waals surface area contributed by atoms with E-state index in [2.05, 4.69) is 17.6 Å². The molecule has 0 bridgehead atoms. The van der Waals surface area contributed by atoms with Crippen LogP contribution in [-0.4, -0.2) is 46.5 Å². The summed E-state index contributed by atoms with van der Waals surface area (Å²) in [5.41, 5.74) is 3.05. The highest BCUT2D eigenvalue weighted by molar-refractivity contribution is 5.93. The average Bonchev–Trinajstić information content (AvgIpc) is 3.68. The van der Waals surface area contributed by atoms with Crippen LogP contribution in [0.25, 0.3) is 0 Å². The predicted octanol–water partition coefficient (Wildman–Crippen LogP) is 5.78. The Bertz CT molecular complexity index is 1140. The number of nitrogens with zero attached hydrogens (tertiary/aromatic N) is 1. The lowest BCUT2D eigenvalue weighted by atomic mass is 9.94. The van der Waals surface area contributed by atoms with Crippen LogP contribution in [0, 0.1) is 13.8 Å². The zero-order valence-electron chi connectivity index (χ0n) is 24.5. The number of nitrogens with one attached hydrogen (secondary N) is 2. The lowest BCUT2D eigenvalue weighted by molar-refractivity contribution is -0.143. The summed E-state index contributed by atoms with van der Waals surface area (Å²) in [6.45, 7) is 13.4. The van der Waals surface area contributed by atoms with Gasteiger partial charge in [0.2, 0.25) is 11.8 Å². The van der Waals surface area contributed by atoms with Gasteiger partial charge in [0.05, 0.1) is 0 Å². The second kappa shape index (κ2) is 13.1. The lowest BCUT2D eigenvalue weighted by Gasteiger charge is -2.36. The van der Waals surface area contributed by atoms with Crippen molar-refractivity contribution in [2.45, 2.75) is 110 Å². The summed E-state index contributed by atoms with van der Waals surface area (Å²) in [6, 6.07) is 13.7. The molecule has 2 N–H and O–H groups in total. The van der Waals surface area contributed by atoms with E-state index >= 15 is 0 Å². The van der Waals surface area contributed by atoms with Crippen LogP contribution in [0.3, 0.4) is 0 Å². The van der Waals surface area contributed by atoms with Gasteiger partial charge in [0, 0.05) is 18.5 Å². The van der Waals surface area contributed by atoms with Crippen molar-refractivity contribution >= 4 is 17.9 Å². The van der Waals surface area contributed by atoms with Gasteiger partial charge in [-0.15, -0.1) is 0 Å². The molecule has 0 aliphatic heterocycles. The second-order valence-corrected chi connectivity index (χ2v) is 11.8. The molecule has 39 heavy (non-hydrogen) atoms. The van der Waals surface area contributed by atoms with Gasteiger partial charge in [-0.1, -0.05) is 61.9 Å². The maximum absolute atomic E-state index is 14.4. The zero-order valence-corrected chi connectivity index (χ0v) is 24.5. The second-order valence-electron chi connectivity index (χ2n) is 11.8. The van der Waals surface area contributed by atoms with Gasteiger partial charge >= 0.3 is 6.09 Å². The minimum atomic E-state index is -0.892. The van der Waals surface area contributed by atoms with Crippen molar-refractivity contribution in [3.8, 4) is 0 Å². The van der Waals surface area contributed by atoms with Crippen LogP contribution < -0.4 is 10.6 Å². The van der Waals surface area contributed by atoms with Crippen molar-refractivity contribution in [2.24, 2.45) is 0 Å². The van der Waals surface area contributed by atoms with Gasteiger partial charge in [0.1, 0.15) is 17.7 Å². The first kappa shape index (κ1) is 30.2. The molecule has 3 amide bonds. The monoisotopic (exact) mass is 535 g/mol. The number of alkyl carbamates (subject to hydrolysis) is 1. The molecule has 212 valence electrons. The lowest BCUT2D eigenvalue weighted by Crippen LogP contribution is -2.55. The smallest absolute Gasteiger partial charge is 0.408 e. The summed E-state index contributed by atoms with van der Waals surface area (Å²) in [6.07, 6.45) is 3.05. The van der Waals surface area contributed by atoms with Crippen molar-refractivity contribution in [3.05, 3.63) is 70.8 Å². The summed E-state index contributed by atoms with van der Waals surface area (Å²) in [5, 5.41) is 5.99. The molecule has 0 heterocycles. The third-order valence-corrected chi connectivity index (χ3v) is 7.04. The van der Waals surface area contributed by atoms with Crippen LogP contribution in [0.5, 0.6) is 0 Å². The minimum absolute atomic E-state index is 0.0220. The summed E-state index contributed by atoms with van der Waals surface area (Å²) in [7, 11) is 0. The van der Waals surface area contributed by atoms with Crippen LogP contribution in [0.2, 0.25) is 0 Å². The van der Waals surface area contributed by atoms with Crippen LogP contribution in [0.15, 0.2) is 48.5 Å². The third-order valence-electron chi connectivity index (χ3n) is 7.04. The largest absolute Gasteiger partial charge is 0.444 e. The molecule has 0 aromatic heterocycles. The molecule has 7 nitrogen and oxygen atoms in total. The van der Waals surface area contributed by atoms with E-state index in [4.69, 9.17) is 4.74 Å². The van der Waals surface area contributed by atoms with Crippen molar-refractivity contribution in [3.63, 3.8) is 0 Å². The Hall–Kier alpha value is -3.35. The highest BCUT2D eigenvalue weighted by atomic mass is 16.6. The topological polar surface area (TPSA) is 87.7 Å². The van der Waals surface area contributed by atoms with E-state index in [0.717, 1.165) is 47.9 Å². The fourth-order valence-corrected chi connectivity index (χ4v) is 4.86.